The molecule has 0 fully saturated rings. The van der Waals surface area contributed by atoms with E-state index in [9.17, 15) is 22.4 Å². The van der Waals surface area contributed by atoms with Gasteiger partial charge in [0.1, 0.15) is 5.82 Å². The van der Waals surface area contributed by atoms with Crippen molar-refractivity contribution in [3.8, 4) is 11.4 Å². The molecule has 0 saturated heterocycles. The standard InChI is InChI=1S/C11H7F4N3O2S/c12-8-5(2-1-3-6(8)11(13,14)15)9-16-10(18-17-9)21-4-7(19)20/h1-3H,4H2,(H,19,20)(H,16,17,18). The number of aliphatic carboxylic acids is 1. The zero-order valence-corrected chi connectivity index (χ0v) is 10.9. The number of carboxylic acid groups (broad SMARTS) is 1. The van der Waals surface area contributed by atoms with E-state index < -0.39 is 23.5 Å². The lowest BCUT2D eigenvalue weighted by atomic mass is 10.1. The first-order chi connectivity index (χ1) is 9.79. The van der Waals surface area contributed by atoms with Crippen molar-refractivity contribution in [2.45, 2.75) is 11.3 Å². The third-order valence-electron chi connectivity index (χ3n) is 2.35. The lowest BCUT2D eigenvalue weighted by Crippen LogP contribution is -2.09. The van der Waals surface area contributed by atoms with Gasteiger partial charge in [0.25, 0.3) is 0 Å². The normalized spacial score (nSPS) is 11.6. The van der Waals surface area contributed by atoms with Crippen LogP contribution in [0.2, 0.25) is 0 Å². The summed E-state index contributed by atoms with van der Waals surface area (Å²) in [5.41, 5.74) is -1.80. The maximum Gasteiger partial charge on any atom is 0.419 e. The smallest absolute Gasteiger partial charge is 0.419 e. The van der Waals surface area contributed by atoms with Crippen molar-refractivity contribution in [1.29, 1.82) is 0 Å². The van der Waals surface area contributed by atoms with Crippen LogP contribution < -0.4 is 0 Å². The predicted octanol–water partition coefficient (Wildman–Crippen LogP) is 2.81. The number of alkyl halides is 3. The third-order valence-corrected chi connectivity index (χ3v) is 3.18. The number of aromatic nitrogens is 3. The zero-order valence-electron chi connectivity index (χ0n) is 10.1. The fraction of sp³-hybridized carbons (Fsp3) is 0.182. The largest absolute Gasteiger partial charge is 0.481 e. The van der Waals surface area contributed by atoms with Crippen LogP contribution in [0.3, 0.4) is 0 Å². The highest BCUT2D eigenvalue weighted by Gasteiger charge is 2.35. The van der Waals surface area contributed by atoms with Crippen molar-refractivity contribution in [2.24, 2.45) is 0 Å². The highest BCUT2D eigenvalue weighted by molar-refractivity contribution is 7.99. The topological polar surface area (TPSA) is 78.9 Å². The number of H-pyrrole nitrogens is 1. The third kappa shape index (κ3) is 3.51. The van der Waals surface area contributed by atoms with Crippen molar-refractivity contribution in [3.63, 3.8) is 0 Å². The van der Waals surface area contributed by atoms with Gasteiger partial charge in [0.05, 0.1) is 16.9 Å². The second-order valence-electron chi connectivity index (χ2n) is 3.81. The molecule has 0 aliphatic carbocycles. The molecule has 0 unspecified atom stereocenters. The number of aromatic amines is 1. The summed E-state index contributed by atoms with van der Waals surface area (Å²) < 4.78 is 51.7. The van der Waals surface area contributed by atoms with Gasteiger partial charge in [0, 0.05) is 0 Å². The molecule has 0 radical (unpaired) electrons. The molecule has 1 aromatic heterocycles. The van der Waals surface area contributed by atoms with E-state index in [-0.39, 0.29) is 22.3 Å². The maximum atomic E-state index is 13.9. The first-order valence-corrected chi connectivity index (χ1v) is 6.40. The van der Waals surface area contributed by atoms with Crippen molar-refractivity contribution in [1.82, 2.24) is 15.2 Å². The van der Waals surface area contributed by atoms with E-state index >= 15 is 0 Å². The van der Waals surface area contributed by atoms with Crippen LogP contribution in [0.15, 0.2) is 23.4 Å². The SMILES string of the molecule is O=C(O)CSc1n[nH]c(-c2cccc(C(F)(F)F)c2F)n1. The van der Waals surface area contributed by atoms with E-state index in [1.165, 1.54) is 0 Å². The summed E-state index contributed by atoms with van der Waals surface area (Å²) in [6, 6.07) is 2.79. The molecular formula is C11H7F4N3O2S. The van der Waals surface area contributed by atoms with Gasteiger partial charge in [-0.15, -0.1) is 5.10 Å². The van der Waals surface area contributed by atoms with Crippen LogP contribution in [-0.4, -0.2) is 32.0 Å². The second-order valence-corrected chi connectivity index (χ2v) is 4.76. The van der Waals surface area contributed by atoms with E-state index in [1.54, 1.807) is 0 Å². The number of carboxylic acids is 1. The molecule has 0 saturated carbocycles. The molecule has 112 valence electrons. The first-order valence-electron chi connectivity index (χ1n) is 5.42. The van der Waals surface area contributed by atoms with Gasteiger partial charge < -0.3 is 5.11 Å². The van der Waals surface area contributed by atoms with Gasteiger partial charge in [-0.3, -0.25) is 9.89 Å². The summed E-state index contributed by atoms with van der Waals surface area (Å²) in [4.78, 5) is 14.1. The van der Waals surface area contributed by atoms with Crippen LogP contribution in [-0.2, 0) is 11.0 Å². The molecule has 2 aromatic rings. The molecule has 1 aromatic carbocycles. The average Bonchev–Trinajstić information content (AvgIpc) is 2.83. The lowest BCUT2D eigenvalue weighted by Gasteiger charge is -2.09. The zero-order chi connectivity index (χ0) is 15.6. The molecule has 0 aliphatic heterocycles. The molecule has 2 rings (SSSR count). The summed E-state index contributed by atoms with van der Waals surface area (Å²) >= 11 is 0.762. The van der Waals surface area contributed by atoms with Gasteiger partial charge in [-0.05, 0) is 12.1 Å². The number of hydrogen-bond donors (Lipinski definition) is 2. The molecule has 21 heavy (non-hydrogen) atoms. The minimum Gasteiger partial charge on any atom is -0.481 e. The number of halogens is 4. The van der Waals surface area contributed by atoms with Gasteiger partial charge in [-0.1, -0.05) is 17.8 Å². The average molecular weight is 321 g/mol. The van der Waals surface area contributed by atoms with Crippen molar-refractivity contribution in [2.75, 3.05) is 5.75 Å². The number of carbonyl (C=O) groups is 1. The number of thioether (sulfide) groups is 1. The lowest BCUT2D eigenvalue weighted by molar-refractivity contribution is -0.140. The van der Waals surface area contributed by atoms with Crippen LogP contribution in [0.1, 0.15) is 5.56 Å². The fourth-order valence-electron chi connectivity index (χ4n) is 1.49. The molecule has 0 amide bonds. The van der Waals surface area contributed by atoms with E-state index in [0.29, 0.717) is 6.07 Å². The Morgan fingerprint density at radius 2 is 2.10 bits per heavy atom. The van der Waals surface area contributed by atoms with Crippen LogP contribution in [0, 0.1) is 5.82 Å². The predicted molar refractivity (Wildman–Crippen MR) is 65.1 cm³/mol. The van der Waals surface area contributed by atoms with Gasteiger partial charge >= 0.3 is 12.1 Å². The Hall–Kier alpha value is -2.10. The highest BCUT2D eigenvalue weighted by atomic mass is 32.2. The van der Waals surface area contributed by atoms with E-state index in [1.807, 2.05) is 0 Å². The summed E-state index contributed by atoms with van der Waals surface area (Å²) in [5.74, 6) is -3.08. The van der Waals surface area contributed by atoms with Gasteiger partial charge in [0.2, 0.25) is 5.16 Å². The number of nitrogens with zero attached hydrogens (tertiary/aromatic N) is 2. The van der Waals surface area contributed by atoms with Crippen molar-refractivity contribution < 1.29 is 27.5 Å². The highest BCUT2D eigenvalue weighted by Crippen LogP contribution is 2.34. The number of nitrogens with one attached hydrogen (secondary N) is 1. The summed E-state index contributed by atoms with van der Waals surface area (Å²) in [6.07, 6.45) is -4.82. The molecule has 1 heterocycles. The van der Waals surface area contributed by atoms with Gasteiger partial charge in [-0.2, -0.15) is 13.2 Å². The number of hydrogen-bond acceptors (Lipinski definition) is 4. The number of rotatable bonds is 4. The van der Waals surface area contributed by atoms with Crippen LogP contribution in [0.4, 0.5) is 17.6 Å². The van der Waals surface area contributed by atoms with Crippen molar-refractivity contribution in [3.05, 3.63) is 29.6 Å². The molecule has 5 nitrogen and oxygen atoms in total. The molecule has 0 bridgehead atoms. The van der Waals surface area contributed by atoms with Crippen LogP contribution in [0.5, 0.6) is 0 Å². The molecule has 0 spiro atoms. The van der Waals surface area contributed by atoms with Crippen LogP contribution in [0.25, 0.3) is 11.4 Å². The number of benzene rings is 1. The molecule has 0 aliphatic rings. The summed E-state index contributed by atoms with van der Waals surface area (Å²) in [6.45, 7) is 0. The monoisotopic (exact) mass is 321 g/mol. The quantitative estimate of drug-likeness (QED) is 0.669. The van der Waals surface area contributed by atoms with Crippen molar-refractivity contribution >= 4 is 17.7 Å². The fourth-order valence-corrected chi connectivity index (χ4v) is 2.01. The second kappa shape index (κ2) is 5.72. The van der Waals surface area contributed by atoms with Gasteiger partial charge in [0.15, 0.2) is 5.82 Å². The summed E-state index contributed by atoms with van der Waals surface area (Å²) in [7, 11) is 0. The Kier molecular flexibility index (Phi) is 4.16. The van der Waals surface area contributed by atoms with E-state index in [4.69, 9.17) is 5.11 Å². The van der Waals surface area contributed by atoms with Gasteiger partial charge in [-0.25, -0.2) is 9.37 Å². The molecular weight excluding hydrogens is 314 g/mol. The Labute approximate surface area is 119 Å². The Morgan fingerprint density at radius 3 is 2.71 bits per heavy atom. The molecule has 10 heteroatoms. The summed E-state index contributed by atoms with van der Waals surface area (Å²) in [5, 5.41) is 14.4. The Bertz CT molecular complexity index is 672. The Balaban J connectivity index is 2.33. The van der Waals surface area contributed by atoms with Crippen LogP contribution >= 0.6 is 11.8 Å². The maximum absolute atomic E-state index is 13.9. The van der Waals surface area contributed by atoms with E-state index in [2.05, 4.69) is 15.2 Å². The first kappa shape index (κ1) is 15.3. The minimum atomic E-state index is -4.82. The molecule has 2 N–H and O–H groups in total. The minimum absolute atomic E-state index is 0.00390. The van der Waals surface area contributed by atoms with E-state index in [0.717, 1.165) is 23.9 Å². The molecule has 0 atom stereocenters. The Morgan fingerprint density at radius 1 is 1.38 bits per heavy atom.